The summed E-state index contributed by atoms with van der Waals surface area (Å²) in [6.07, 6.45) is 0.242. The Kier molecular flexibility index (Phi) is 5.30. The first-order chi connectivity index (χ1) is 10.6. The molecule has 22 heavy (non-hydrogen) atoms. The molecule has 116 valence electrons. The second-order valence-electron chi connectivity index (χ2n) is 5.05. The van der Waals surface area contributed by atoms with Crippen molar-refractivity contribution in [2.24, 2.45) is 0 Å². The van der Waals surface area contributed by atoms with Gasteiger partial charge in [0.15, 0.2) is 0 Å². The van der Waals surface area contributed by atoms with Crippen LogP contribution in [0.4, 0.5) is 0 Å². The zero-order valence-electron chi connectivity index (χ0n) is 12.7. The van der Waals surface area contributed by atoms with Crippen LogP contribution in [0.25, 0.3) is 0 Å². The van der Waals surface area contributed by atoms with Gasteiger partial charge in [0.25, 0.3) is 5.91 Å². The fourth-order valence-electron chi connectivity index (χ4n) is 1.99. The van der Waals surface area contributed by atoms with Gasteiger partial charge < -0.3 is 14.7 Å². The molecule has 0 aliphatic heterocycles. The van der Waals surface area contributed by atoms with Gasteiger partial charge in [0, 0.05) is 31.6 Å². The standard InChI is InChI=1S/C16H19N3O3/c1-12-10-14(18-22-12)11-19(2)15(20)8-9-17-16(21)13-6-4-3-5-7-13/h3-7,10H,8-9,11H2,1-2H3,(H,17,21). The Balaban J connectivity index is 1.74. The first-order valence-electron chi connectivity index (χ1n) is 7.05. The summed E-state index contributed by atoms with van der Waals surface area (Å²) in [5, 5.41) is 6.58. The quantitative estimate of drug-likeness (QED) is 0.882. The van der Waals surface area contributed by atoms with Crippen molar-refractivity contribution < 1.29 is 14.1 Å². The first kappa shape index (κ1) is 15.8. The van der Waals surface area contributed by atoms with E-state index in [2.05, 4.69) is 10.5 Å². The average Bonchev–Trinajstić information content (AvgIpc) is 2.93. The van der Waals surface area contributed by atoms with Crippen molar-refractivity contribution in [2.45, 2.75) is 19.9 Å². The molecule has 6 nitrogen and oxygen atoms in total. The van der Waals surface area contributed by atoms with Crippen molar-refractivity contribution in [3.05, 3.63) is 53.4 Å². The Hall–Kier alpha value is -2.63. The predicted octanol–water partition coefficient (Wildman–Crippen LogP) is 1.76. The number of rotatable bonds is 6. The molecule has 1 N–H and O–H groups in total. The number of hydrogen-bond donors (Lipinski definition) is 1. The topological polar surface area (TPSA) is 75.4 Å². The zero-order valence-corrected chi connectivity index (χ0v) is 12.7. The van der Waals surface area contributed by atoms with Crippen LogP contribution in [0.1, 0.15) is 28.2 Å². The van der Waals surface area contributed by atoms with Gasteiger partial charge in [-0.05, 0) is 19.1 Å². The van der Waals surface area contributed by atoms with Crippen LogP contribution in [0.3, 0.4) is 0 Å². The summed E-state index contributed by atoms with van der Waals surface area (Å²) in [7, 11) is 1.70. The van der Waals surface area contributed by atoms with Crippen LogP contribution in [-0.4, -0.2) is 35.5 Å². The molecule has 0 bridgehead atoms. The van der Waals surface area contributed by atoms with Gasteiger partial charge >= 0.3 is 0 Å². The Labute approximate surface area is 129 Å². The van der Waals surface area contributed by atoms with Crippen LogP contribution in [-0.2, 0) is 11.3 Å². The third kappa shape index (κ3) is 4.44. The third-order valence-electron chi connectivity index (χ3n) is 3.16. The lowest BCUT2D eigenvalue weighted by atomic mass is 10.2. The molecule has 0 fully saturated rings. The Morgan fingerprint density at radius 2 is 2.00 bits per heavy atom. The van der Waals surface area contributed by atoms with Gasteiger partial charge in [-0.15, -0.1) is 0 Å². The zero-order chi connectivity index (χ0) is 15.9. The van der Waals surface area contributed by atoms with Crippen LogP contribution in [0, 0.1) is 6.92 Å². The SMILES string of the molecule is Cc1cc(CN(C)C(=O)CCNC(=O)c2ccccc2)no1. The van der Waals surface area contributed by atoms with E-state index in [9.17, 15) is 9.59 Å². The Bertz CT molecular complexity index is 637. The number of benzene rings is 1. The van der Waals surface area contributed by atoms with E-state index in [1.807, 2.05) is 6.07 Å². The summed E-state index contributed by atoms with van der Waals surface area (Å²) in [6, 6.07) is 10.7. The molecule has 1 aromatic carbocycles. The highest BCUT2D eigenvalue weighted by molar-refractivity contribution is 5.94. The molecule has 2 amide bonds. The van der Waals surface area contributed by atoms with E-state index in [0.29, 0.717) is 30.1 Å². The summed E-state index contributed by atoms with van der Waals surface area (Å²) in [6.45, 7) is 2.50. The van der Waals surface area contributed by atoms with E-state index in [-0.39, 0.29) is 18.2 Å². The second-order valence-corrected chi connectivity index (χ2v) is 5.05. The lowest BCUT2D eigenvalue weighted by Crippen LogP contribution is -2.31. The van der Waals surface area contributed by atoms with Gasteiger partial charge in [0.1, 0.15) is 11.5 Å². The number of carbonyl (C=O) groups excluding carboxylic acids is 2. The van der Waals surface area contributed by atoms with Crippen molar-refractivity contribution in [3.8, 4) is 0 Å². The second kappa shape index (κ2) is 7.40. The number of aryl methyl sites for hydroxylation is 1. The fourth-order valence-corrected chi connectivity index (χ4v) is 1.99. The summed E-state index contributed by atoms with van der Waals surface area (Å²) in [5.41, 5.74) is 1.29. The van der Waals surface area contributed by atoms with Crippen LogP contribution in [0.15, 0.2) is 40.9 Å². The van der Waals surface area contributed by atoms with Gasteiger partial charge in [0.05, 0.1) is 6.54 Å². The predicted molar refractivity (Wildman–Crippen MR) is 81.1 cm³/mol. The third-order valence-corrected chi connectivity index (χ3v) is 3.16. The maximum absolute atomic E-state index is 12.0. The van der Waals surface area contributed by atoms with Crippen LogP contribution in [0.5, 0.6) is 0 Å². The summed E-state index contributed by atoms with van der Waals surface area (Å²) >= 11 is 0. The molecule has 0 saturated carbocycles. The van der Waals surface area contributed by atoms with Crippen molar-refractivity contribution in [1.82, 2.24) is 15.4 Å². The summed E-state index contributed by atoms with van der Waals surface area (Å²) in [5.74, 6) is 0.475. The number of nitrogens with zero attached hydrogens (tertiary/aromatic N) is 2. The Morgan fingerprint density at radius 3 is 2.64 bits per heavy atom. The van der Waals surface area contributed by atoms with E-state index in [1.165, 1.54) is 0 Å². The number of nitrogens with one attached hydrogen (secondary N) is 1. The highest BCUT2D eigenvalue weighted by Crippen LogP contribution is 2.05. The molecular weight excluding hydrogens is 282 g/mol. The average molecular weight is 301 g/mol. The van der Waals surface area contributed by atoms with Gasteiger partial charge in [-0.3, -0.25) is 9.59 Å². The minimum Gasteiger partial charge on any atom is -0.361 e. The van der Waals surface area contributed by atoms with E-state index in [1.54, 1.807) is 49.2 Å². The summed E-state index contributed by atoms with van der Waals surface area (Å²) < 4.78 is 4.96. The molecule has 1 heterocycles. The molecule has 6 heteroatoms. The number of aromatic nitrogens is 1. The molecule has 1 aromatic heterocycles. The molecule has 0 unspecified atom stereocenters. The molecule has 2 aromatic rings. The van der Waals surface area contributed by atoms with Gasteiger partial charge in [-0.2, -0.15) is 0 Å². The highest BCUT2D eigenvalue weighted by atomic mass is 16.5. The molecule has 2 rings (SSSR count). The largest absolute Gasteiger partial charge is 0.361 e. The molecule has 0 aliphatic rings. The molecule has 0 aliphatic carbocycles. The molecular formula is C16H19N3O3. The molecule has 0 atom stereocenters. The van der Waals surface area contributed by atoms with Crippen molar-refractivity contribution >= 4 is 11.8 Å². The lowest BCUT2D eigenvalue weighted by molar-refractivity contribution is -0.130. The normalized spacial score (nSPS) is 10.3. The van der Waals surface area contributed by atoms with E-state index in [4.69, 9.17) is 4.52 Å². The van der Waals surface area contributed by atoms with Crippen LogP contribution >= 0.6 is 0 Å². The van der Waals surface area contributed by atoms with Crippen molar-refractivity contribution in [3.63, 3.8) is 0 Å². The van der Waals surface area contributed by atoms with Gasteiger partial charge in [-0.1, -0.05) is 23.4 Å². The molecule has 0 saturated heterocycles. The van der Waals surface area contributed by atoms with Gasteiger partial charge in [-0.25, -0.2) is 0 Å². The van der Waals surface area contributed by atoms with Crippen molar-refractivity contribution in [2.75, 3.05) is 13.6 Å². The number of amides is 2. The molecule has 0 radical (unpaired) electrons. The van der Waals surface area contributed by atoms with Crippen molar-refractivity contribution in [1.29, 1.82) is 0 Å². The number of carbonyl (C=O) groups is 2. The summed E-state index contributed by atoms with van der Waals surface area (Å²) in [4.78, 5) is 25.4. The van der Waals surface area contributed by atoms with Crippen LogP contribution < -0.4 is 5.32 Å². The monoisotopic (exact) mass is 301 g/mol. The fraction of sp³-hybridized carbons (Fsp3) is 0.312. The first-order valence-corrected chi connectivity index (χ1v) is 7.05. The Morgan fingerprint density at radius 1 is 1.27 bits per heavy atom. The highest BCUT2D eigenvalue weighted by Gasteiger charge is 2.12. The lowest BCUT2D eigenvalue weighted by Gasteiger charge is -2.15. The van der Waals surface area contributed by atoms with E-state index >= 15 is 0 Å². The smallest absolute Gasteiger partial charge is 0.251 e. The van der Waals surface area contributed by atoms with E-state index < -0.39 is 0 Å². The van der Waals surface area contributed by atoms with Gasteiger partial charge in [0.2, 0.25) is 5.91 Å². The van der Waals surface area contributed by atoms with Crippen LogP contribution in [0.2, 0.25) is 0 Å². The molecule has 0 spiro atoms. The minimum atomic E-state index is -0.178. The van der Waals surface area contributed by atoms with E-state index in [0.717, 1.165) is 0 Å². The maximum atomic E-state index is 12.0. The maximum Gasteiger partial charge on any atom is 0.251 e. The minimum absolute atomic E-state index is 0.0611. The number of hydrogen-bond acceptors (Lipinski definition) is 4.